The first kappa shape index (κ1) is 17.0. The molecule has 1 aliphatic rings. The van der Waals surface area contributed by atoms with Gasteiger partial charge in [0, 0.05) is 24.1 Å². The fraction of sp³-hybridized carbons (Fsp3) is 0.421. The predicted molar refractivity (Wildman–Crippen MR) is 95.8 cm³/mol. The van der Waals surface area contributed by atoms with Gasteiger partial charge in [0.1, 0.15) is 12.4 Å². The second kappa shape index (κ2) is 7.81. The van der Waals surface area contributed by atoms with Crippen LogP contribution in [0.3, 0.4) is 0 Å². The Morgan fingerprint density at radius 1 is 1.42 bits per heavy atom. The number of rotatable bonds is 6. The third-order valence-corrected chi connectivity index (χ3v) is 5.24. The van der Waals surface area contributed by atoms with Crippen LogP contribution < -0.4 is 4.74 Å². The molecule has 1 aromatic heterocycles. The average Bonchev–Trinajstić information content (AvgIpc) is 3.25. The molecule has 1 atom stereocenters. The first-order valence-corrected chi connectivity index (χ1v) is 9.14. The van der Waals surface area contributed by atoms with Crippen molar-refractivity contribution in [1.82, 2.24) is 4.90 Å². The van der Waals surface area contributed by atoms with Gasteiger partial charge >= 0.3 is 0 Å². The third-order valence-electron chi connectivity index (χ3n) is 4.24. The molecule has 0 N–H and O–H groups in total. The number of aryl methyl sites for hydroxylation is 1. The summed E-state index contributed by atoms with van der Waals surface area (Å²) in [4.78, 5) is 15.6. The molecule has 0 bridgehead atoms. The topological polar surface area (TPSA) is 38.8 Å². The van der Waals surface area contributed by atoms with Crippen molar-refractivity contribution in [3.8, 4) is 5.75 Å². The summed E-state index contributed by atoms with van der Waals surface area (Å²) in [7, 11) is 1.83. The molecule has 4 nitrogen and oxygen atoms in total. The molecule has 1 aromatic carbocycles. The van der Waals surface area contributed by atoms with Gasteiger partial charge in [0.2, 0.25) is 0 Å². The number of thiophene rings is 1. The van der Waals surface area contributed by atoms with Crippen molar-refractivity contribution in [3.05, 3.63) is 51.7 Å². The van der Waals surface area contributed by atoms with Gasteiger partial charge in [-0.05, 0) is 55.0 Å². The van der Waals surface area contributed by atoms with Gasteiger partial charge in [0.05, 0.1) is 12.6 Å². The Morgan fingerprint density at radius 2 is 2.29 bits per heavy atom. The van der Waals surface area contributed by atoms with Crippen LogP contribution in [0.15, 0.2) is 35.7 Å². The van der Waals surface area contributed by atoms with E-state index in [4.69, 9.17) is 9.47 Å². The number of benzene rings is 1. The van der Waals surface area contributed by atoms with Crippen molar-refractivity contribution >= 4 is 17.2 Å². The van der Waals surface area contributed by atoms with Crippen LogP contribution in [0.5, 0.6) is 5.75 Å². The highest BCUT2D eigenvalue weighted by molar-refractivity contribution is 7.10. The zero-order valence-electron chi connectivity index (χ0n) is 14.2. The highest BCUT2D eigenvalue weighted by Gasteiger charge is 2.17. The Hall–Kier alpha value is -1.85. The van der Waals surface area contributed by atoms with Gasteiger partial charge < -0.3 is 14.4 Å². The quantitative estimate of drug-likeness (QED) is 0.797. The van der Waals surface area contributed by atoms with Gasteiger partial charge in [-0.3, -0.25) is 4.79 Å². The van der Waals surface area contributed by atoms with Gasteiger partial charge in [0.25, 0.3) is 5.91 Å². The second-order valence-corrected chi connectivity index (χ2v) is 7.16. The first-order valence-electron chi connectivity index (χ1n) is 8.26. The van der Waals surface area contributed by atoms with Crippen molar-refractivity contribution < 1.29 is 14.3 Å². The minimum absolute atomic E-state index is 0.00497. The summed E-state index contributed by atoms with van der Waals surface area (Å²) in [6.07, 6.45) is 2.31. The summed E-state index contributed by atoms with van der Waals surface area (Å²) in [5.41, 5.74) is 1.88. The van der Waals surface area contributed by atoms with Crippen LogP contribution in [0.4, 0.5) is 0 Å². The highest BCUT2D eigenvalue weighted by Crippen LogP contribution is 2.20. The molecule has 2 heterocycles. The summed E-state index contributed by atoms with van der Waals surface area (Å²) in [6.45, 7) is 4.06. The van der Waals surface area contributed by atoms with Gasteiger partial charge in [-0.15, -0.1) is 11.3 Å². The molecule has 0 radical (unpaired) electrons. The Kier molecular flexibility index (Phi) is 5.53. The van der Waals surface area contributed by atoms with E-state index >= 15 is 0 Å². The number of ether oxygens (including phenoxy) is 2. The third kappa shape index (κ3) is 4.16. The Balaban J connectivity index is 1.61. The Morgan fingerprint density at radius 3 is 3.00 bits per heavy atom. The van der Waals surface area contributed by atoms with Crippen LogP contribution in [0.1, 0.15) is 33.6 Å². The van der Waals surface area contributed by atoms with Crippen LogP contribution in [-0.4, -0.2) is 37.2 Å². The van der Waals surface area contributed by atoms with E-state index in [9.17, 15) is 4.79 Å². The van der Waals surface area contributed by atoms with Gasteiger partial charge in [0.15, 0.2) is 0 Å². The highest BCUT2D eigenvalue weighted by atomic mass is 32.1. The molecule has 128 valence electrons. The summed E-state index contributed by atoms with van der Waals surface area (Å²) in [5, 5.41) is 2.06. The van der Waals surface area contributed by atoms with E-state index in [0.29, 0.717) is 18.7 Å². The number of nitrogens with zero attached hydrogens (tertiary/aromatic N) is 1. The minimum atomic E-state index is 0.00497. The van der Waals surface area contributed by atoms with Crippen molar-refractivity contribution in [2.75, 3.05) is 20.3 Å². The summed E-state index contributed by atoms with van der Waals surface area (Å²) in [6, 6.07) is 9.48. The van der Waals surface area contributed by atoms with Crippen molar-refractivity contribution in [3.63, 3.8) is 0 Å². The molecule has 0 aliphatic carbocycles. The molecule has 5 heteroatoms. The molecule has 1 unspecified atom stereocenters. The fourth-order valence-electron chi connectivity index (χ4n) is 2.76. The number of amides is 1. The summed E-state index contributed by atoms with van der Waals surface area (Å²) >= 11 is 1.68. The van der Waals surface area contributed by atoms with Gasteiger partial charge in [-0.25, -0.2) is 0 Å². The standard InChI is InChI=1S/C19H23NO3S/c1-14-8-10-24-18(14)12-20(2)19(21)15-5-3-6-16(11-15)23-13-17-7-4-9-22-17/h3,5-6,8,10-11,17H,4,7,9,12-13H2,1-2H3. The van der Waals surface area contributed by atoms with E-state index in [1.807, 2.05) is 31.3 Å². The molecule has 1 saturated heterocycles. The van der Waals surface area contributed by atoms with E-state index < -0.39 is 0 Å². The normalized spacial score (nSPS) is 17.0. The Labute approximate surface area is 147 Å². The lowest BCUT2D eigenvalue weighted by Crippen LogP contribution is -2.26. The van der Waals surface area contributed by atoms with E-state index in [-0.39, 0.29) is 12.0 Å². The predicted octanol–water partition coefficient (Wildman–Crippen LogP) is 3.89. The lowest BCUT2D eigenvalue weighted by atomic mass is 10.2. The molecule has 0 spiro atoms. The Bertz CT molecular complexity index is 691. The zero-order valence-corrected chi connectivity index (χ0v) is 15.0. The van der Waals surface area contributed by atoms with E-state index in [1.54, 1.807) is 16.2 Å². The molecular weight excluding hydrogens is 322 g/mol. The molecule has 3 rings (SSSR count). The molecule has 1 fully saturated rings. The number of hydrogen-bond donors (Lipinski definition) is 0. The van der Waals surface area contributed by atoms with Crippen LogP contribution >= 0.6 is 11.3 Å². The molecule has 2 aromatic rings. The number of hydrogen-bond acceptors (Lipinski definition) is 4. The minimum Gasteiger partial charge on any atom is -0.491 e. The average molecular weight is 345 g/mol. The summed E-state index contributed by atoms with van der Waals surface area (Å²) < 4.78 is 11.4. The van der Waals surface area contributed by atoms with Crippen molar-refractivity contribution in [1.29, 1.82) is 0 Å². The number of carbonyl (C=O) groups is 1. The van der Waals surface area contributed by atoms with E-state index in [2.05, 4.69) is 18.4 Å². The fourth-order valence-corrected chi connectivity index (χ4v) is 3.72. The molecule has 24 heavy (non-hydrogen) atoms. The van der Waals surface area contributed by atoms with Gasteiger partial charge in [-0.2, -0.15) is 0 Å². The van der Waals surface area contributed by atoms with Gasteiger partial charge in [-0.1, -0.05) is 6.07 Å². The molecular formula is C19H23NO3S. The smallest absolute Gasteiger partial charge is 0.254 e. The maximum atomic E-state index is 12.6. The monoisotopic (exact) mass is 345 g/mol. The number of carbonyl (C=O) groups excluding carboxylic acids is 1. The summed E-state index contributed by atoms with van der Waals surface area (Å²) in [5.74, 6) is 0.724. The lowest BCUT2D eigenvalue weighted by Gasteiger charge is -2.18. The molecule has 1 amide bonds. The maximum absolute atomic E-state index is 12.6. The largest absolute Gasteiger partial charge is 0.491 e. The zero-order chi connectivity index (χ0) is 16.9. The van der Waals surface area contributed by atoms with E-state index in [0.717, 1.165) is 25.2 Å². The molecule has 1 aliphatic heterocycles. The van der Waals surface area contributed by atoms with Crippen LogP contribution in [0, 0.1) is 6.92 Å². The maximum Gasteiger partial charge on any atom is 0.254 e. The van der Waals surface area contributed by atoms with Crippen LogP contribution in [0.25, 0.3) is 0 Å². The van der Waals surface area contributed by atoms with E-state index in [1.165, 1.54) is 10.4 Å². The van der Waals surface area contributed by atoms with Crippen molar-refractivity contribution in [2.24, 2.45) is 0 Å². The van der Waals surface area contributed by atoms with Crippen molar-refractivity contribution in [2.45, 2.75) is 32.4 Å². The second-order valence-electron chi connectivity index (χ2n) is 6.16. The first-order chi connectivity index (χ1) is 11.6. The van der Waals surface area contributed by atoms with Crippen LogP contribution in [0.2, 0.25) is 0 Å². The van der Waals surface area contributed by atoms with Crippen LogP contribution in [-0.2, 0) is 11.3 Å². The SMILES string of the molecule is Cc1ccsc1CN(C)C(=O)c1cccc(OCC2CCCO2)c1. The molecule has 0 saturated carbocycles. The lowest BCUT2D eigenvalue weighted by molar-refractivity contribution is 0.0678.